The van der Waals surface area contributed by atoms with Gasteiger partial charge in [0.2, 0.25) is 5.91 Å². The zero-order chi connectivity index (χ0) is 21.1. The standard InChI is InChI=1S/C24H27N3O3/c1-15(28)26-18-8-9-21-19(13-18)20-10-17(14-25-2)11-22(24(20)27-21)30-23(29)12-16-6-4-3-5-7-16/h3-9,13,17,22,25,27H,10-12,14H2,1-2H3,(H,26,28). The van der Waals surface area contributed by atoms with Crippen molar-refractivity contribution in [3.05, 3.63) is 65.4 Å². The molecule has 2 unspecified atom stereocenters. The van der Waals surface area contributed by atoms with Crippen LogP contribution >= 0.6 is 0 Å². The molecule has 0 fully saturated rings. The van der Waals surface area contributed by atoms with Gasteiger partial charge in [-0.05, 0) is 61.7 Å². The van der Waals surface area contributed by atoms with Gasteiger partial charge >= 0.3 is 5.97 Å². The Labute approximate surface area is 176 Å². The second-order valence-corrected chi connectivity index (χ2v) is 7.96. The number of aromatic nitrogens is 1. The van der Waals surface area contributed by atoms with E-state index in [1.54, 1.807) is 0 Å². The van der Waals surface area contributed by atoms with Crippen molar-refractivity contribution < 1.29 is 14.3 Å². The molecule has 1 amide bonds. The molecular formula is C24H27N3O3. The summed E-state index contributed by atoms with van der Waals surface area (Å²) in [6, 6.07) is 15.5. The molecule has 0 saturated heterocycles. The van der Waals surface area contributed by atoms with E-state index in [1.807, 2.05) is 55.6 Å². The number of hydrogen-bond acceptors (Lipinski definition) is 4. The first-order valence-corrected chi connectivity index (χ1v) is 10.3. The minimum absolute atomic E-state index is 0.0977. The van der Waals surface area contributed by atoms with Crippen LogP contribution in [0.3, 0.4) is 0 Å². The van der Waals surface area contributed by atoms with Crippen molar-refractivity contribution in [2.24, 2.45) is 5.92 Å². The average molecular weight is 405 g/mol. The van der Waals surface area contributed by atoms with E-state index in [4.69, 9.17) is 4.74 Å². The van der Waals surface area contributed by atoms with Crippen LogP contribution in [-0.4, -0.2) is 30.5 Å². The smallest absolute Gasteiger partial charge is 0.310 e. The summed E-state index contributed by atoms with van der Waals surface area (Å²) in [5.41, 5.74) is 4.84. The number of rotatable bonds is 6. The normalized spacial score (nSPS) is 18.1. The van der Waals surface area contributed by atoms with Crippen molar-refractivity contribution in [2.75, 3.05) is 18.9 Å². The van der Waals surface area contributed by atoms with Crippen LogP contribution in [0.15, 0.2) is 48.5 Å². The predicted molar refractivity (Wildman–Crippen MR) is 117 cm³/mol. The molecule has 0 saturated carbocycles. The Bertz CT molecular complexity index is 1060. The number of ether oxygens (including phenoxy) is 1. The highest BCUT2D eigenvalue weighted by molar-refractivity contribution is 5.94. The topological polar surface area (TPSA) is 83.2 Å². The van der Waals surface area contributed by atoms with Gasteiger partial charge in [0.05, 0.1) is 12.1 Å². The third-order valence-electron chi connectivity index (χ3n) is 5.58. The molecule has 4 rings (SSSR count). The lowest BCUT2D eigenvalue weighted by molar-refractivity contribution is -0.150. The molecular weight excluding hydrogens is 378 g/mol. The SMILES string of the molecule is CNCC1Cc2c([nH]c3ccc(NC(C)=O)cc23)C(OC(=O)Cc2ccccc2)C1. The van der Waals surface area contributed by atoms with Gasteiger partial charge in [-0.15, -0.1) is 0 Å². The van der Waals surface area contributed by atoms with E-state index in [9.17, 15) is 9.59 Å². The quantitative estimate of drug-likeness (QED) is 0.546. The summed E-state index contributed by atoms with van der Waals surface area (Å²) in [5.74, 6) is 0.0415. The summed E-state index contributed by atoms with van der Waals surface area (Å²) in [7, 11) is 1.94. The number of fused-ring (bicyclic) bond motifs is 3. The molecule has 0 bridgehead atoms. The summed E-state index contributed by atoms with van der Waals surface area (Å²) < 4.78 is 5.95. The third-order valence-corrected chi connectivity index (χ3v) is 5.58. The molecule has 6 heteroatoms. The van der Waals surface area contributed by atoms with Gasteiger partial charge in [-0.3, -0.25) is 9.59 Å². The van der Waals surface area contributed by atoms with Crippen LogP contribution in [0.25, 0.3) is 10.9 Å². The van der Waals surface area contributed by atoms with Gasteiger partial charge in [-0.25, -0.2) is 0 Å². The average Bonchev–Trinajstić information content (AvgIpc) is 3.07. The maximum absolute atomic E-state index is 12.6. The number of H-pyrrole nitrogens is 1. The van der Waals surface area contributed by atoms with E-state index < -0.39 is 0 Å². The number of amides is 1. The summed E-state index contributed by atoms with van der Waals surface area (Å²) in [6.07, 6.45) is 1.63. The molecule has 1 aromatic heterocycles. The third kappa shape index (κ3) is 4.39. The van der Waals surface area contributed by atoms with Crippen molar-refractivity contribution in [3.8, 4) is 0 Å². The van der Waals surface area contributed by atoms with Crippen molar-refractivity contribution >= 4 is 28.5 Å². The fourth-order valence-electron chi connectivity index (χ4n) is 4.35. The number of nitrogens with one attached hydrogen (secondary N) is 3. The molecule has 3 aromatic rings. The molecule has 1 aliphatic carbocycles. The van der Waals surface area contributed by atoms with Crippen LogP contribution in [0.5, 0.6) is 0 Å². The van der Waals surface area contributed by atoms with Crippen molar-refractivity contribution in [3.63, 3.8) is 0 Å². The van der Waals surface area contributed by atoms with Gasteiger partial charge in [0, 0.05) is 23.5 Å². The van der Waals surface area contributed by atoms with Crippen LogP contribution in [0.1, 0.15) is 36.3 Å². The number of hydrogen-bond donors (Lipinski definition) is 3. The largest absolute Gasteiger partial charge is 0.456 e. The first-order valence-electron chi connectivity index (χ1n) is 10.3. The number of esters is 1. The summed E-state index contributed by atoms with van der Waals surface area (Å²) in [6.45, 7) is 2.35. The first-order chi connectivity index (χ1) is 14.5. The highest BCUT2D eigenvalue weighted by atomic mass is 16.5. The lowest BCUT2D eigenvalue weighted by atomic mass is 9.84. The van der Waals surface area contributed by atoms with E-state index in [0.29, 0.717) is 5.92 Å². The zero-order valence-electron chi connectivity index (χ0n) is 17.3. The second-order valence-electron chi connectivity index (χ2n) is 7.96. The van der Waals surface area contributed by atoms with Gasteiger partial charge in [0.1, 0.15) is 6.10 Å². The van der Waals surface area contributed by atoms with E-state index in [2.05, 4.69) is 15.6 Å². The monoisotopic (exact) mass is 405 g/mol. The van der Waals surface area contributed by atoms with Crippen molar-refractivity contribution in [1.29, 1.82) is 0 Å². The van der Waals surface area contributed by atoms with Crippen LogP contribution in [0.4, 0.5) is 5.69 Å². The van der Waals surface area contributed by atoms with E-state index in [-0.39, 0.29) is 24.4 Å². The molecule has 30 heavy (non-hydrogen) atoms. The van der Waals surface area contributed by atoms with Crippen LogP contribution in [0.2, 0.25) is 0 Å². The van der Waals surface area contributed by atoms with Gasteiger partial charge in [0.25, 0.3) is 0 Å². The van der Waals surface area contributed by atoms with Crippen LogP contribution in [0, 0.1) is 5.92 Å². The zero-order valence-corrected chi connectivity index (χ0v) is 17.3. The number of carbonyl (C=O) groups is 2. The Kier molecular flexibility index (Phi) is 5.86. The Hall–Kier alpha value is -3.12. The Morgan fingerprint density at radius 1 is 1.17 bits per heavy atom. The Morgan fingerprint density at radius 3 is 2.70 bits per heavy atom. The fraction of sp³-hybridized carbons (Fsp3) is 0.333. The molecule has 1 heterocycles. The summed E-state index contributed by atoms with van der Waals surface area (Å²) in [5, 5.41) is 7.17. The summed E-state index contributed by atoms with van der Waals surface area (Å²) in [4.78, 5) is 27.6. The second kappa shape index (κ2) is 8.71. The Balaban J connectivity index is 1.63. The molecule has 2 aromatic carbocycles. The lowest BCUT2D eigenvalue weighted by Crippen LogP contribution is -2.29. The fourth-order valence-corrected chi connectivity index (χ4v) is 4.35. The van der Waals surface area contributed by atoms with E-state index in [1.165, 1.54) is 12.5 Å². The molecule has 0 spiro atoms. The molecule has 0 aliphatic heterocycles. The van der Waals surface area contributed by atoms with E-state index >= 15 is 0 Å². The van der Waals surface area contributed by atoms with Gasteiger partial charge in [-0.2, -0.15) is 0 Å². The molecule has 156 valence electrons. The number of anilines is 1. The van der Waals surface area contributed by atoms with Gasteiger partial charge in [0.15, 0.2) is 0 Å². The molecule has 3 N–H and O–H groups in total. The molecule has 0 radical (unpaired) electrons. The van der Waals surface area contributed by atoms with Gasteiger partial charge < -0.3 is 20.4 Å². The summed E-state index contributed by atoms with van der Waals surface area (Å²) >= 11 is 0. The van der Waals surface area contributed by atoms with Gasteiger partial charge in [-0.1, -0.05) is 30.3 Å². The maximum Gasteiger partial charge on any atom is 0.310 e. The highest BCUT2D eigenvalue weighted by Crippen LogP contribution is 2.40. The minimum Gasteiger partial charge on any atom is -0.456 e. The molecule has 1 aliphatic rings. The first kappa shape index (κ1) is 20.2. The Morgan fingerprint density at radius 2 is 1.97 bits per heavy atom. The van der Waals surface area contributed by atoms with Crippen LogP contribution in [-0.2, 0) is 27.2 Å². The number of carbonyl (C=O) groups excluding carboxylic acids is 2. The lowest BCUT2D eigenvalue weighted by Gasteiger charge is -2.29. The molecule has 2 atom stereocenters. The van der Waals surface area contributed by atoms with Crippen molar-refractivity contribution in [1.82, 2.24) is 10.3 Å². The van der Waals surface area contributed by atoms with Crippen molar-refractivity contribution in [2.45, 2.75) is 32.3 Å². The highest BCUT2D eigenvalue weighted by Gasteiger charge is 2.32. The van der Waals surface area contributed by atoms with E-state index in [0.717, 1.165) is 47.2 Å². The minimum atomic E-state index is -0.306. The predicted octanol–water partition coefficient (Wildman–Crippen LogP) is 3.74. The number of benzene rings is 2. The number of aromatic amines is 1. The van der Waals surface area contributed by atoms with Crippen LogP contribution < -0.4 is 10.6 Å². The maximum atomic E-state index is 12.6. The molecule has 6 nitrogen and oxygen atoms in total.